The van der Waals surface area contributed by atoms with Crippen LogP contribution in [-0.2, 0) is 4.79 Å². The maximum Gasteiger partial charge on any atom is 0.328 e. The Kier molecular flexibility index (Phi) is 3.07. The Balaban J connectivity index is 2.23. The predicted octanol–water partition coefficient (Wildman–Crippen LogP) is 2.30. The predicted molar refractivity (Wildman–Crippen MR) is 62.0 cm³/mol. The molecule has 0 spiro atoms. The number of aliphatic carboxylic acids is 1. The summed E-state index contributed by atoms with van der Waals surface area (Å²) < 4.78 is 0. The minimum atomic E-state index is -0.974. The molecule has 0 aromatic carbocycles. The maximum atomic E-state index is 10.3. The van der Waals surface area contributed by atoms with E-state index in [4.69, 9.17) is 5.11 Å². The lowest BCUT2D eigenvalue weighted by atomic mass is 10.2. The molecule has 0 saturated heterocycles. The summed E-state index contributed by atoms with van der Waals surface area (Å²) in [5.41, 5.74) is 1.73. The van der Waals surface area contributed by atoms with Crippen LogP contribution in [0.3, 0.4) is 0 Å². The van der Waals surface area contributed by atoms with Crippen LogP contribution in [0, 0.1) is 0 Å². The first-order valence-corrected chi connectivity index (χ1v) is 5.40. The highest BCUT2D eigenvalue weighted by molar-refractivity contribution is 7.10. The van der Waals surface area contributed by atoms with Crippen molar-refractivity contribution < 1.29 is 9.90 Å². The standard InChI is InChI=1S/C11H8N2O2S/c14-11(15)4-3-10-13-9(7-16-10)8-2-1-5-12-6-8/h1-7H,(H,14,15)/b4-3+. The van der Waals surface area contributed by atoms with Crippen LogP contribution in [0.15, 0.2) is 36.0 Å². The SMILES string of the molecule is O=C(O)/C=C/c1nc(-c2cccnc2)cs1. The molecule has 2 heterocycles. The quantitative estimate of drug-likeness (QED) is 0.825. The molecule has 4 nitrogen and oxygen atoms in total. The normalized spacial score (nSPS) is 10.8. The molecule has 16 heavy (non-hydrogen) atoms. The lowest BCUT2D eigenvalue weighted by Gasteiger charge is -1.92. The summed E-state index contributed by atoms with van der Waals surface area (Å²) in [6.45, 7) is 0. The van der Waals surface area contributed by atoms with Crippen molar-refractivity contribution >= 4 is 23.4 Å². The summed E-state index contributed by atoms with van der Waals surface area (Å²) >= 11 is 1.40. The number of hydrogen-bond donors (Lipinski definition) is 1. The second-order valence-corrected chi connectivity index (χ2v) is 3.87. The van der Waals surface area contributed by atoms with Gasteiger partial charge >= 0.3 is 5.97 Å². The number of carboxylic acid groups (broad SMARTS) is 1. The zero-order chi connectivity index (χ0) is 11.4. The molecule has 5 heteroatoms. The van der Waals surface area contributed by atoms with E-state index in [9.17, 15) is 4.79 Å². The van der Waals surface area contributed by atoms with Crippen LogP contribution in [0.2, 0.25) is 0 Å². The first-order chi connectivity index (χ1) is 7.75. The summed E-state index contributed by atoms with van der Waals surface area (Å²) in [4.78, 5) is 18.6. The molecule has 0 aliphatic rings. The van der Waals surface area contributed by atoms with Crippen LogP contribution >= 0.6 is 11.3 Å². The molecule has 0 fully saturated rings. The van der Waals surface area contributed by atoms with Crippen molar-refractivity contribution in [2.24, 2.45) is 0 Å². The van der Waals surface area contributed by atoms with E-state index in [0.717, 1.165) is 17.3 Å². The Morgan fingerprint density at radius 3 is 3.06 bits per heavy atom. The fourth-order valence-electron chi connectivity index (χ4n) is 1.15. The fraction of sp³-hybridized carbons (Fsp3) is 0. The number of hydrogen-bond acceptors (Lipinski definition) is 4. The summed E-state index contributed by atoms with van der Waals surface area (Å²) in [5.74, 6) is -0.974. The van der Waals surface area contributed by atoms with Crippen LogP contribution in [0.1, 0.15) is 5.01 Å². The van der Waals surface area contributed by atoms with Gasteiger partial charge in [0.1, 0.15) is 5.01 Å². The molecule has 0 unspecified atom stereocenters. The first-order valence-electron chi connectivity index (χ1n) is 4.52. The van der Waals surface area contributed by atoms with E-state index in [-0.39, 0.29) is 0 Å². The van der Waals surface area contributed by atoms with Crippen molar-refractivity contribution in [1.82, 2.24) is 9.97 Å². The summed E-state index contributed by atoms with van der Waals surface area (Å²) in [7, 11) is 0. The van der Waals surface area contributed by atoms with Gasteiger partial charge in [-0.15, -0.1) is 11.3 Å². The van der Waals surface area contributed by atoms with Crippen molar-refractivity contribution in [2.75, 3.05) is 0 Å². The monoisotopic (exact) mass is 232 g/mol. The molecule has 0 radical (unpaired) electrons. The van der Waals surface area contributed by atoms with Gasteiger partial charge in [0.25, 0.3) is 0 Å². The van der Waals surface area contributed by atoms with Gasteiger partial charge in [0.2, 0.25) is 0 Å². The third-order valence-electron chi connectivity index (χ3n) is 1.85. The number of thiazole rings is 1. The van der Waals surface area contributed by atoms with Crippen LogP contribution in [-0.4, -0.2) is 21.0 Å². The van der Waals surface area contributed by atoms with Gasteiger partial charge in [0.15, 0.2) is 0 Å². The molecule has 80 valence electrons. The van der Waals surface area contributed by atoms with E-state index in [1.54, 1.807) is 12.4 Å². The Labute approximate surface area is 95.9 Å². The molecule has 0 atom stereocenters. The summed E-state index contributed by atoms with van der Waals surface area (Å²) in [6, 6.07) is 3.74. The topological polar surface area (TPSA) is 63.1 Å². The molecule has 1 N–H and O–H groups in total. The molecule has 2 rings (SSSR count). The van der Waals surface area contributed by atoms with Gasteiger partial charge in [-0.05, 0) is 18.2 Å². The fourth-order valence-corrected chi connectivity index (χ4v) is 1.87. The highest BCUT2D eigenvalue weighted by Crippen LogP contribution is 2.21. The van der Waals surface area contributed by atoms with Crippen molar-refractivity contribution in [3.8, 4) is 11.3 Å². The number of aromatic nitrogens is 2. The van der Waals surface area contributed by atoms with Crippen molar-refractivity contribution in [3.63, 3.8) is 0 Å². The zero-order valence-electron chi connectivity index (χ0n) is 8.20. The minimum Gasteiger partial charge on any atom is -0.478 e. The van der Waals surface area contributed by atoms with Gasteiger partial charge in [-0.25, -0.2) is 9.78 Å². The van der Waals surface area contributed by atoms with E-state index >= 15 is 0 Å². The number of carboxylic acids is 1. The average molecular weight is 232 g/mol. The molecule has 2 aromatic rings. The highest BCUT2D eigenvalue weighted by Gasteiger charge is 2.02. The second kappa shape index (κ2) is 4.67. The zero-order valence-corrected chi connectivity index (χ0v) is 9.02. The molecule has 0 amide bonds. The van der Waals surface area contributed by atoms with Crippen LogP contribution in [0.5, 0.6) is 0 Å². The van der Waals surface area contributed by atoms with Crippen molar-refractivity contribution in [3.05, 3.63) is 41.0 Å². The third-order valence-corrected chi connectivity index (χ3v) is 2.66. The Morgan fingerprint density at radius 1 is 1.50 bits per heavy atom. The molecule has 0 aliphatic heterocycles. The molecular formula is C11H8N2O2S. The van der Waals surface area contributed by atoms with E-state index < -0.39 is 5.97 Å². The van der Waals surface area contributed by atoms with E-state index in [1.165, 1.54) is 17.4 Å². The van der Waals surface area contributed by atoms with Gasteiger partial charge in [0, 0.05) is 29.4 Å². The van der Waals surface area contributed by atoms with Crippen LogP contribution in [0.25, 0.3) is 17.3 Å². The van der Waals surface area contributed by atoms with Crippen molar-refractivity contribution in [2.45, 2.75) is 0 Å². The Hall–Kier alpha value is -2.01. The van der Waals surface area contributed by atoms with Crippen molar-refractivity contribution in [1.29, 1.82) is 0 Å². The molecule has 0 saturated carbocycles. The van der Waals surface area contributed by atoms with E-state index in [0.29, 0.717) is 5.01 Å². The number of nitrogens with zero attached hydrogens (tertiary/aromatic N) is 2. The first kappa shape index (κ1) is 10.5. The second-order valence-electron chi connectivity index (χ2n) is 2.98. The van der Waals surface area contributed by atoms with E-state index in [1.807, 2.05) is 17.5 Å². The van der Waals surface area contributed by atoms with Gasteiger partial charge in [0.05, 0.1) is 5.69 Å². The molecular weight excluding hydrogens is 224 g/mol. The lowest BCUT2D eigenvalue weighted by molar-refractivity contribution is -0.131. The summed E-state index contributed by atoms with van der Waals surface area (Å²) in [5, 5.41) is 11.0. The van der Waals surface area contributed by atoms with Gasteiger partial charge < -0.3 is 5.11 Å². The smallest absolute Gasteiger partial charge is 0.328 e. The van der Waals surface area contributed by atoms with Gasteiger partial charge in [-0.1, -0.05) is 0 Å². The van der Waals surface area contributed by atoms with E-state index in [2.05, 4.69) is 9.97 Å². The average Bonchev–Trinajstić information content (AvgIpc) is 2.76. The maximum absolute atomic E-state index is 10.3. The lowest BCUT2D eigenvalue weighted by Crippen LogP contribution is -1.85. The number of rotatable bonds is 3. The van der Waals surface area contributed by atoms with Gasteiger partial charge in [-0.2, -0.15) is 0 Å². The van der Waals surface area contributed by atoms with Crippen LogP contribution < -0.4 is 0 Å². The van der Waals surface area contributed by atoms with Gasteiger partial charge in [-0.3, -0.25) is 4.98 Å². The molecule has 0 aliphatic carbocycles. The molecule has 2 aromatic heterocycles. The Bertz CT molecular complexity index is 520. The minimum absolute atomic E-state index is 0.668. The number of pyridine rings is 1. The number of carbonyl (C=O) groups is 1. The van der Waals surface area contributed by atoms with Crippen LogP contribution in [0.4, 0.5) is 0 Å². The summed E-state index contributed by atoms with van der Waals surface area (Å²) in [6.07, 6.45) is 5.97. The molecule has 0 bridgehead atoms. The highest BCUT2D eigenvalue weighted by atomic mass is 32.1. The third kappa shape index (κ3) is 2.52. The Morgan fingerprint density at radius 2 is 2.38 bits per heavy atom. The largest absolute Gasteiger partial charge is 0.478 e.